The van der Waals surface area contributed by atoms with Gasteiger partial charge in [-0.15, -0.1) is 0 Å². The molecule has 0 unspecified atom stereocenters. The van der Waals surface area contributed by atoms with Gasteiger partial charge in [-0.25, -0.2) is 4.98 Å². The Labute approximate surface area is 76.5 Å². The van der Waals surface area contributed by atoms with Crippen LogP contribution in [-0.2, 0) is 0 Å². The van der Waals surface area contributed by atoms with Crippen molar-refractivity contribution in [2.24, 2.45) is 0 Å². The Morgan fingerprint density at radius 3 is 2.38 bits per heavy atom. The number of aromatic nitrogens is 2. The third-order valence-corrected chi connectivity index (χ3v) is 1.86. The van der Waals surface area contributed by atoms with Crippen molar-refractivity contribution in [3.8, 4) is 11.3 Å². The van der Waals surface area contributed by atoms with Crippen LogP contribution >= 0.6 is 0 Å². The average molecular weight is 174 g/mol. The first-order valence-electron chi connectivity index (χ1n) is 4.12. The van der Waals surface area contributed by atoms with Crippen LogP contribution in [0.1, 0.15) is 11.7 Å². The molecule has 0 aromatic carbocycles. The van der Waals surface area contributed by atoms with E-state index in [1.165, 1.54) is 0 Å². The van der Waals surface area contributed by atoms with Gasteiger partial charge in [-0.2, -0.15) is 0 Å². The molecule has 13 heavy (non-hydrogen) atoms. The molecule has 66 valence electrons. The average Bonchev–Trinajstić information content (AvgIpc) is 2.47. The molecule has 0 amide bonds. The summed E-state index contributed by atoms with van der Waals surface area (Å²) in [5.41, 5.74) is 1.95. The number of nitrogens with zero attached hydrogens (tertiary/aromatic N) is 2. The van der Waals surface area contributed by atoms with E-state index in [-0.39, 0.29) is 0 Å². The van der Waals surface area contributed by atoms with Crippen molar-refractivity contribution < 1.29 is 4.42 Å². The van der Waals surface area contributed by atoms with Crippen molar-refractivity contribution in [3.05, 3.63) is 36.2 Å². The zero-order valence-corrected chi connectivity index (χ0v) is 7.61. The summed E-state index contributed by atoms with van der Waals surface area (Å²) in [5.74, 6) is 1.55. The number of pyridine rings is 1. The minimum atomic E-state index is 0.698. The quantitative estimate of drug-likeness (QED) is 0.666. The lowest BCUT2D eigenvalue weighted by molar-refractivity contribution is 0.495. The van der Waals surface area contributed by atoms with Crippen molar-refractivity contribution in [2.75, 3.05) is 0 Å². The van der Waals surface area contributed by atoms with E-state index in [4.69, 9.17) is 4.42 Å². The fourth-order valence-corrected chi connectivity index (χ4v) is 1.31. The van der Waals surface area contributed by atoms with Gasteiger partial charge in [-0.05, 0) is 19.1 Å². The summed E-state index contributed by atoms with van der Waals surface area (Å²) in [4.78, 5) is 8.23. The Kier molecular flexibility index (Phi) is 1.85. The predicted octanol–water partition coefficient (Wildman–Crippen LogP) is 2.35. The first kappa shape index (κ1) is 7.98. The first-order valence-corrected chi connectivity index (χ1v) is 4.12. The third kappa shape index (κ3) is 1.45. The predicted molar refractivity (Wildman–Crippen MR) is 49.2 cm³/mol. The molecule has 3 nitrogen and oxygen atoms in total. The van der Waals surface area contributed by atoms with Crippen molar-refractivity contribution in [2.45, 2.75) is 13.8 Å². The Bertz CT molecular complexity index is 406. The van der Waals surface area contributed by atoms with Crippen LogP contribution in [0.5, 0.6) is 0 Å². The standard InChI is InChI=1S/C10H10N2O/c1-7-10(12-8(2)13-7)9-3-5-11-6-4-9/h3-6H,1-2H3. The van der Waals surface area contributed by atoms with Gasteiger partial charge in [0.15, 0.2) is 5.89 Å². The van der Waals surface area contributed by atoms with Gasteiger partial charge in [0, 0.05) is 24.9 Å². The lowest BCUT2D eigenvalue weighted by Crippen LogP contribution is -1.80. The Hall–Kier alpha value is -1.64. The molecule has 0 saturated heterocycles. The van der Waals surface area contributed by atoms with E-state index in [0.29, 0.717) is 5.89 Å². The Balaban J connectivity index is 2.53. The lowest BCUT2D eigenvalue weighted by atomic mass is 10.2. The molecule has 0 aliphatic carbocycles. The summed E-state index contributed by atoms with van der Waals surface area (Å²) in [5, 5.41) is 0. The number of hydrogen-bond acceptors (Lipinski definition) is 3. The molecular formula is C10H10N2O. The summed E-state index contributed by atoms with van der Waals surface area (Å²) in [6, 6.07) is 3.84. The molecule has 0 spiro atoms. The van der Waals surface area contributed by atoms with Gasteiger partial charge in [0.05, 0.1) is 0 Å². The van der Waals surface area contributed by atoms with Gasteiger partial charge in [0.2, 0.25) is 0 Å². The van der Waals surface area contributed by atoms with E-state index in [0.717, 1.165) is 17.0 Å². The highest BCUT2D eigenvalue weighted by atomic mass is 16.4. The van der Waals surface area contributed by atoms with E-state index < -0.39 is 0 Å². The normalized spacial score (nSPS) is 10.3. The van der Waals surface area contributed by atoms with E-state index in [9.17, 15) is 0 Å². The zero-order valence-electron chi connectivity index (χ0n) is 7.61. The monoisotopic (exact) mass is 174 g/mol. The van der Waals surface area contributed by atoms with Crippen molar-refractivity contribution in [1.82, 2.24) is 9.97 Å². The Morgan fingerprint density at radius 2 is 1.85 bits per heavy atom. The second kappa shape index (κ2) is 3.01. The lowest BCUT2D eigenvalue weighted by Gasteiger charge is -1.94. The SMILES string of the molecule is Cc1nc(-c2ccncc2)c(C)o1. The van der Waals surface area contributed by atoms with Gasteiger partial charge < -0.3 is 4.42 Å². The zero-order chi connectivity index (χ0) is 9.26. The second-order valence-electron chi connectivity index (χ2n) is 2.87. The van der Waals surface area contributed by atoms with Gasteiger partial charge >= 0.3 is 0 Å². The number of hydrogen-bond donors (Lipinski definition) is 0. The summed E-state index contributed by atoms with van der Waals surface area (Å²) in [6.07, 6.45) is 3.50. The van der Waals surface area contributed by atoms with Gasteiger partial charge in [-0.3, -0.25) is 4.98 Å². The molecule has 2 heterocycles. The number of oxazole rings is 1. The molecule has 0 bridgehead atoms. The number of rotatable bonds is 1. The minimum Gasteiger partial charge on any atom is -0.446 e. The maximum atomic E-state index is 5.34. The highest BCUT2D eigenvalue weighted by molar-refractivity contribution is 5.59. The molecule has 0 atom stereocenters. The smallest absolute Gasteiger partial charge is 0.191 e. The maximum Gasteiger partial charge on any atom is 0.191 e. The topological polar surface area (TPSA) is 38.9 Å². The molecule has 0 aliphatic rings. The van der Waals surface area contributed by atoms with E-state index in [1.54, 1.807) is 12.4 Å². The molecule has 2 aromatic rings. The van der Waals surface area contributed by atoms with Crippen LogP contribution in [0.15, 0.2) is 28.9 Å². The maximum absolute atomic E-state index is 5.34. The minimum absolute atomic E-state index is 0.698. The van der Waals surface area contributed by atoms with Crippen molar-refractivity contribution in [1.29, 1.82) is 0 Å². The molecule has 0 radical (unpaired) electrons. The van der Waals surface area contributed by atoms with Crippen LogP contribution in [-0.4, -0.2) is 9.97 Å². The molecule has 2 rings (SSSR count). The first-order chi connectivity index (χ1) is 6.27. The molecule has 0 fully saturated rings. The summed E-state index contributed by atoms with van der Waals surface area (Å²) in [7, 11) is 0. The van der Waals surface area contributed by atoms with E-state index in [2.05, 4.69) is 9.97 Å². The Morgan fingerprint density at radius 1 is 1.15 bits per heavy atom. The van der Waals surface area contributed by atoms with Gasteiger partial charge in [0.25, 0.3) is 0 Å². The van der Waals surface area contributed by atoms with E-state index in [1.807, 2.05) is 26.0 Å². The highest BCUT2D eigenvalue weighted by Crippen LogP contribution is 2.21. The molecule has 2 aromatic heterocycles. The van der Waals surface area contributed by atoms with Crippen molar-refractivity contribution in [3.63, 3.8) is 0 Å². The molecule has 0 N–H and O–H groups in total. The second-order valence-corrected chi connectivity index (χ2v) is 2.87. The number of aryl methyl sites for hydroxylation is 2. The highest BCUT2D eigenvalue weighted by Gasteiger charge is 2.07. The van der Waals surface area contributed by atoms with Crippen LogP contribution in [0, 0.1) is 13.8 Å². The van der Waals surface area contributed by atoms with Crippen molar-refractivity contribution >= 4 is 0 Å². The molecular weight excluding hydrogens is 164 g/mol. The summed E-state index contributed by atoms with van der Waals surface area (Å²) in [6.45, 7) is 3.76. The fraction of sp³-hybridized carbons (Fsp3) is 0.200. The molecule has 3 heteroatoms. The molecule has 0 saturated carbocycles. The summed E-state index contributed by atoms with van der Waals surface area (Å²) >= 11 is 0. The van der Waals surface area contributed by atoms with Crippen LogP contribution in [0.25, 0.3) is 11.3 Å². The van der Waals surface area contributed by atoms with Crippen LogP contribution in [0.4, 0.5) is 0 Å². The van der Waals surface area contributed by atoms with Crippen LogP contribution < -0.4 is 0 Å². The van der Waals surface area contributed by atoms with E-state index >= 15 is 0 Å². The van der Waals surface area contributed by atoms with Crippen LogP contribution in [0.3, 0.4) is 0 Å². The van der Waals surface area contributed by atoms with Gasteiger partial charge in [-0.1, -0.05) is 0 Å². The third-order valence-electron chi connectivity index (χ3n) is 1.86. The summed E-state index contributed by atoms with van der Waals surface area (Å²) < 4.78 is 5.34. The fourth-order valence-electron chi connectivity index (χ4n) is 1.31. The molecule has 0 aliphatic heterocycles. The largest absolute Gasteiger partial charge is 0.446 e. The van der Waals surface area contributed by atoms with Gasteiger partial charge in [0.1, 0.15) is 11.5 Å². The van der Waals surface area contributed by atoms with Crippen LogP contribution in [0.2, 0.25) is 0 Å².